The van der Waals surface area contributed by atoms with Crippen LogP contribution in [0.3, 0.4) is 0 Å². The van der Waals surface area contributed by atoms with Crippen LogP contribution in [-0.2, 0) is 6.54 Å². The molecule has 1 aromatic carbocycles. The number of β-amino-alcohol motifs (C(OH)–C–C–N with tert-alkyl or cyclic N) is 1. The molecule has 0 saturated carbocycles. The number of aliphatic hydroxyl groups is 1. The van der Waals surface area contributed by atoms with Crippen LogP contribution >= 0.6 is 0 Å². The van der Waals surface area contributed by atoms with Gasteiger partial charge >= 0.3 is 0 Å². The Bertz CT molecular complexity index is 404. The van der Waals surface area contributed by atoms with Crippen molar-refractivity contribution in [2.45, 2.75) is 26.3 Å². The number of piperidine rings is 1. The fourth-order valence-electron chi connectivity index (χ4n) is 2.91. The first-order chi connectivity index (χ1) is 10.3. The number of rotatable bonds is 8. The highest BCUT2D eigenvalue weighted by Crippen LogP contribution is 2.19. The second-order valence-electron chi connectivity index (χ2n) is 5.68. The smallest absolute Gasteiger partial charge is 0.123 e. The zero-order chi connectivity index (χ0) is 14.9. The van der Waals surface area contributed by atoms with Gasteiger partial charge in [0, 0.05) is 18.7 Å². The Morgan fingerprint density at radius 3 is 2.76 bits per heavy atom. The Balaban J connectivity index is 1.70. The number of para-hydroxylation sites is 1. The van der Waals surface area contributed by atoms with Crippen LogP contribution < -0.4 is 10.1 Å². The molecular formula is C17H28N2O2. The van der Waals surface area contributed by atoms with Gasteiger partial charge in [0.25, 0.3) is 0 Å². The third-order valence-electron chi connectivity index (χ3n) is 4.14. The van der Waals surface area contributed by atoms with Crippen LogP contribution in [-0.4, -0.2) is 49.4 Å². The molecule has 1 aromatic rings. The van der Waals surface area contributed by atoms with Crippen molar-refractivity contribution in [1.29, 1.82) is 0 Å². The van der Waals surface area contributed by atoms with E-state index in [9.17, 15) is 0 Å². The zero-order valence-corrected chi connectivity index (χ0v) is 13.1. The summed E-state index contributed by atoms with van der Waals surface area (Å²) in [6, 6.07) is 8.24. The molecule has 2 N–H and O–H groups in total. The lowest BCUT2D eigenvalue weighted by atomic mass is 9.97. The Hall–Kier alpha value is -1.10. The standard InChI is InChI=1S/C17H28N2O2/c1-2-21-17-6-4-3-5-16(17)14-18-13-15-7-9-19(10-8-15)11-12-20/h3-6,15,18,20H,2,7-14H2,1H3. The lowest BCUT2D eigenvalue weighted by Crippen LogP contribution is -2.38. The molecule has 0 aliphatic carbocycles. The number of nitrogens with zero attached hydrogens (tertiary/aromatic N) is 1. The summed E-state index contributed by atoms with van der Waals surface area (Å²) in [6.07, 6.45) is 2.44. The minimum atomic E-state index is 0.275. The van der Waals surface area contributed by atoms with Gasteiger partial charge in [-0.1, -0.05) is 18.2 Å². The largest absolute Gasteiger partial charge is 0.494 e. The Kier molecular flexibility index (Phi) is 7.00. The summed E-state index contributed by atoms with van der Waals surface area (Å²) in [4.78, 5) is 2.35. The monoisotopic (exact) mass is 292 g/mol. The topological polar surface area (TPSA) is 44.7 Å². The minimum Gasteiger partial charge on any atom is -0.494 e. The van der Waals surface area contributed by atoms with Crippen LogP contribution in [0.25, 0.3) is 0 Å². The maximum Gasteiger partial charge on any atom is 0.123 e. The van der Waals surface area contributed by atoms with Gasteiger partial charge in [-0.25, -0.2) is 0 Å². The van der Waals surface area contributed by atoms with E-state index in [0.717, 1.165) is 44.4 Å². The van der Waals surface area contributed by atoms with Crippen molar-refractivity contribution in [1.82, 2.24) is 10.2 Å². The third kappa shape index (κ3) is 5.30. The number of aliphatic hydroxyl groups excluding tert-OH is 1. The third-order valence-corrected chi connectivity index (χ3v) is 4.14. The number of nitrogens with one attached hydrogen (secondary N) is 1. The molecular weight excluding hydrogens is 264 g/mol. The number of hydrogen-bond donors (Lipinski definition) is 2. The maximum absolute atomic E-state index is 8.96. The van der Waals surface area contributed by atoms with Gasteiger partial charge in [0.05, 0.1) is 13.2 Å². The van der Waals surface area contributed by atoms with Crippen molar-refractivity contribution >= 4 is 0 Å². The summed E-state index contributed by atoms with van der Waals surface area (Å²) in [7, 11) is 0. The van der Waals surface area contributed by atoms with Gasteiger partial charge in [0.2, 0.25) is 0 Å². The first-order valence-electron chi connectivity index (χ1n) is 8.08. The van der Waals surface area contributed by atoms with Crippen molar-refractivity contribution < 1.29 is 9.84 Å². The van der Waals surface area contributed by atoms with Crippen LogP contribution in [0.4, 0.5) is 0 Å². The molecule has 0 unspecified atom stereocenters. The fourth-order valence-corrected chi connectivity index (χ4v) is 2.91. The molecule has 1 fully saturated rings. The summed E-state index contributed by atoms with van der Waals surface area (Å²) < 4.78 is 5.65. The van der Waals surface area contributed by atoms with Crippen LogP contribution in [0, 0.1) is 5.92 Å². The molecule has 1 aliphatic rings. The first-order valence-corrected chi connectivity index (χ1v) is 8.08. The molecule has 1 aliphatic heterocycles. The van der Waals surface area contributed by atoms with E-state index in [-0.39, 0.29) is 6.61 Å². The van der Waals surface area contributed by atoms with E-state index in [1.54, 1.807) is 0 Å². The molecule has 0 amide bonds. The van der Waals surface area contributed by atoms with E-state index in [1.165, 1.54) is 18.4 Å². The average molecular weight is 292 g/mol. The van der Waals surface area contributed by atoms with Gasteiger partial charge in [-0.3, -0.25) is 0 Å². The lowest BCUT2D eigenvalue weighted by Gasteiger charge is -2.31. The van der Waals surface area contributed by atoms with Gasteiger partial charge in [-0.15, -0.1) is 0 Å². The Labute approximate surface area is 128 Å². The summed E-state index contributed by atoms with van der Waals surface area (Å²) in [5, 5.41) is 12.5. The van der Waals surface area contributed by atoms with Crippen molar-refractivity contribution in [2.75, 3.05) is 39.4 Å². The van der Waals surface area contributed by atoms with E-state index in [1.807, 2.05) is 19.1 Å². The molecule has 0 atom stereocenters. The van der Waals surface area contributed by atoms with Crippen LogP contribution in [0.2, 0.25) is 0 Å². The molecule has 1 heterocycles. The van der Waals surface area contributed by atoms with Gasteiger partial charge in [0.15, 0.2) is 0 Å². The van der Waals surface area contributed by atoms with Gasteiger partial charge < -0.3 is 20.1 Å². The molecule has 0 radical (unpaired) electrons. The highest BCUT2D eigenvalue weighted by Gasteiger charge is 2.18. The van der Waals surface area contributed by atoms with Crippen molar-refractivity contribution in [3.63, 3.8) is 0 Å². The van der Waals surface area contributed by atoms with Crippen LogP contribution in [0.15, 0.2) is 24.3 Å². The number of hydrogen-bond acceptors (Lipinski definition) is 4. The van der Waals surface area contributed by atoms with Gasteiger partial charge in [-0.2, -0.15) is 0 Å². The van der Waals surface area contributed by atoms with Crippen molar-refractivity contribution in [2.24, 2.45) is 5.92 Å². The van der Waals surface area contributed by atoms with E-state index in [0.29, 0.717) is 6.61 Å². The molecule has 0 spiro atoms. The molecule has 0 aromatic heterocycles. The predicted molar refractivity (Wildman–Crippen MR) is 85.6 cm³/mol. The lowest BCUT2D eigenvalue weighted by molar-refractivity contribution is 0.146. The van der Waals surface area contributed by atoms with Crippen LogP contribution in [0.5, 0.6) is 5.75 Å². The summed E-state index contributed by atoms with van der Waals surface area (Å²) in [5.74, 6) is 1.74. The predicted octanol–water partition coefficient (Wildman–Crippen LogP) is 1.88. The molecule has 4 nitrogen and oxygen atoms in total. The quantitative estimate of drug-likeness (QED) is 0.768. The van der Waals surface area contributed by atoms with E-state index in [4.69, 9.17) is 9.84 Å². The molecule has 21 heavy (non-hydrogen) atoms. The minimum absolute atomic E-state index is 0.275. The van der Waals surface area contributed by atoms with Crippen molar-refractivity contribution in [3.05, 3.63) is 29.8 Å². The SMILES string of the molecule is CCOc1ccccc1CNCC1CCN(CCO)CC1. The molecule has 1 saturated heterocycles. The molecule has 0 bridgehead atoms. The van der Waals surface area contributed by atoms with Crippen LogP contribution in [0.1, 0.15) is 25.3 Å². The van der Waals surface area contributed by atoms with E-state index >= 15 is 0 Å². The number of likely N-dealkylation sites (tertiary alicyclic amines) is 1. The highest BCUT2D eigenvalue weighted by atomic mass is 16.5. The van der Waals surface area contributed by atoms with E-state index < -0.39 is 0 Å². The Morgan fingerprint density at radius 2 is 2.05 bits per heavy atom. The highest BCUT2D eigenvalue weighted by molar-refractivity contribution is 5.33. The van der Waals surface area contributed by atoms with E-state index in [2.05, 4.69) is 22.3 Å². The maximum atomic E-state index is 8.96. The second kappa shape index (κ2) is 9.03. The molecule has 2 rings (SSSR count). The fraction of sp³-hybridized carbons (Fsp3) is 0.647. The average Bonchev–Trinajstić information content (AvgIpc) is 2.51. The number of ether oxygens (including phenoxy) is 1. The molecule has 4 heteroatoms. The van der Waals surface area contributed by atoms with Gasteiger partial charge in [0.1, 0.15) is 5.75 Å². The van der Waals surface area contributed by atoms with Crippen molar-refractivity contribution in [3.8, 4) is 5.75 Å². The van der Waals surface area contributed by atoms with Gasteiger partial charge in [-0.05, 0) is 51.4 Å². The summed E-state index contributed by atoms with van der Waals surface area (Å²) in [5.41, 5.74) is 1.23. The molecule has 118 valence electrons. The second-order valence-corrected chi connectivity index (χ2v) is 5.68. The number of benzene rings is 1. The first kappa shape index (κ1) is 16.3. The zero-order valence-electron chi connectivity index (χ0n) is 13.1. The Morgan fingerprint density at radius 1 is 1.29 bits per heavy atom. The summed E-state index contributed by atoms with van der Waals surface area (Å²) >= 11 is 0. The summed E-state index contributed by atoms with van der Waals surface area (Å²) in [6.45, 7) is 7.98. The normalized spacial score (nSPS) is 17.0.